The van der Waals surface area contributed by atoms with Crippen molar-refractivity contribution in [3.63, 3.8) is 0 Å². The second-order valence-corrected chi connectivity index (χ2v) is 4.21. The third kappa shape index (κ3) is 3.13. The van der Waals surface area contributed by atoms with Crippen molar-refractivity contribution in [2.75, 3.05) is 6.61 Å². The zero-order valence-corrected chi connectivity index (χ0v) is 9.72. The molecule has 0 aromatic heterocycles. The van der Waals surface area contributed by atoms with Gasteiger partial charge in [0, 0.05) is 0 Å². The van der Waals surface area contributed by atoms with E-state index < -0.39 is 11.4 Å². The normalized spacial score (nSPS) is 15.0. The van der Waals surface area contributed by atoms with Crippen LogP contribution in [0.3, 0.4) is 0 Å². The van der Waals surface area contributed by atoms with Crippen LogP contribution in [0, 0.1) is 11.3 Å². The topological polar surface area (TPSA) is 43.4 Å². The van der Waals surface area contributed by atoms with Crippen molar-refractivity contribution in [2.45, 2.75) is 41.0 Å². The number of carbonyl (C=O) groups excluding carboxylic acids is 2. The van der Waals surface area contributed by atoms with Crippen molar-refractivity contribution in [1.82, 2.24) is 0 Å². The third-order valence-electron chi connectivity index (χ3n) is 2.32. The van der Waals surface area contributed by atoms with Crippen molar-refractivity contribution in [3.8, 4) is 0 Å². The zero-order chi connectivity index (χ0) is 11.4. The number of ether oxygens (including phenoxy) is 1. The second-order valence-electron chi connectivity index (χ2n) is 4.21. The van der Waals surface area contributed by atoms with Gasteiger partial charge in [-0.05, 0) is 33.1 Å². The van der Waals surface area contributed by atoms with Crippen LogP contribution in [0.5, 0.6) is 0 Å². The molecule has 0 N–H and O–H groups in total. The third-order valence-corrected chi connectivity index (χ3v) is 2.32. The predicted octanol–water partition coefficient (Wildman–Crippen LogP) is 2.19. The Balaban J connectivity index is 4.71. The monoisotopic (exact) mass is 200 g/mol. The van der Waals surface area contributed by atoms with E-state index >= 15 is 0 Å². The molecule has 0 aliphatic heterocycles. The van der Waals surface area contributed by atoms with Gasteiger partial charge in [0.25, 0.3) is 0 Å². The fourth-order valence-electron chi connectivity index (χ4n) is 1.48. The highest BCUT2D eigenvalue weighted by Crippen LogP contribution is 2.28. The summed E-state index contributed by atoms with van der Waals surface area (Å²) in [5.74, 6) is -0.223. The molecular formula is C11H20O3. The van der Waals surface area contributed by atoms with Gasteiger partial charge in [0.1, 0.15) is 11.2 Å². The molecule has 0 saturated carbocycles. The highest BCUT2D eigenvalue weighted by atomic mass is 16.5. The number of Topliss-reactive ketones (excluding diaryl/α,β-unsaturated/α-hetero) is 1. The van der Waals surface area contributed by atoms with Gasteiger partial charge in [-0.3, -0.25) is 9.59 Å². The minimum Gasteiger partial charge on any atom is -0.465 e. The zero-order valence-electron chi connectivity index (χ0n) is 9.72. The first-order valence-corrected chi connectivity index (χ1v) is 5.02. The summed E-state index contributed by atoms with van der Waals surface area (Å²) >= 11 is 0. The second kappa shape index (κ2) is 5.13. The molecule has 0 radical (unpaired) electrons. The Bertz CT molecular complexity index is 221. The van der Waals surface area contributed by atoms with Gasteiger partial charge >= 0.3 is 5.97 Å². The first-order valence-electron chi connectivity index (χ1n) is 5.02. The van der Waals surface area contributed by atoms with Crippen molar-refractivity contribution in [3.05, 3.63) is 0 Å². The summed E-state index contributed by atoms with van der Waals surface area (Å²) in [5.41, 5.74) is -0.968. The molecule has 0 aliphatic carbocycles. The lowest BCUT2D eigenvalue weighted by atomic mass is 9.79. The Hall–Kier alpha value is -0.860. The van der Waals surface area contributed by atoms with E-state index in [0.29, 0.717) is 18.9 Å². The van der Waals surface area contributed by atoms with Crippen molar-refractivity contribution < 1.29 is 14.3 Å². The first kappa shape index (κ1) is 13.1. The Morgan fingerprint density at radius 3 is 2.14 bits per heavy atom. The number of hydrogen-bond acceptors (Lipinski definition) is 3. The average molecular weight is 200 g/mol. The van der Waals surface area contributed by atoms with Gasteiger partial charge in [-0.15, -0.1) is 0 Å². The fourth-order valence-corrected chi connectivity index (χ4v) is 1.48. The van der Waals surface area contributed by atoms with Crippen LogP contribution < -0.4 is 0 Å². The van der Waals surface area contributed by atoms with E-state index in [0.717, 1.165) is 0 Å². The van der Waals surface area contributed by atoms with E-state index in [1.807, 2.05) is 13.8 Å². The van der Waals surface area contributed by atoms with E-state index in [1.54, 1.807) is 13.8 Å². The lowest BCUT2D eigenvalue weighted by Gasteiger charge is -2.25. The molecule has 0 saturated heterocycles. The molecule has 3 heteroatoms. The summed E-state index contributed by atoms with van der Waals surface area (Å²) in [5, 5.41) is 0. The van der Waals surface area contributed by atoms with E-state index in [9.17, 15) is 9.59 Å². The summed E-state index contributed by atoms with van der Waals surface area (Å²) < 4.78 is 4.91. The minimum atomic E-state index is -0.968. The van der Waals surface area contributed by atoms with Crippen LogP contribution in [0.2, 0.25) is 0 Å². The van der Waals surface area contributed by atoms with Crippen LogP contribution in [0.25, 0.3) is 0 Å². The molecule has 0 heterocycles. The molecule has 0 amide bonds. The molecule has 0 aliphatic rings. The molecule has 0 bridgehead atoms. The van der Waals surface area contributed by atoms with Crippen LogP contribution in [0.15, 0.2) is 0 Å². The molecule has 0 unspecified atom stereocenters. The van der Waals surface area contributed by atoms with Crippen molar-refractivity contribution in [2.24, 2.45) is 11.3 Å². The molecule has 14 heavy (non-hydrogen) atoms. The van der Waals surface area contributed by atoms with Gasteiger partial charge in [0.2, 0.25) is 0 Å². The van der Waals surface area contributed by atoms with E-state index in [1.165, 1.54) is 6.92 Å². The first-order chi connectivity index (χ1) is 6.34. The van der Waals surface area contributed by atoms with Gasteiger partial charge in [-0.1, -0.05) is 13.8 Å². The quantitative estimate of drug-likeness (QED) is 0.504. The summed E-state index contributed by atoms with van der Waals surface area (Å²) in [4.78, 5) is 23.0. The Morgan fingerprint density at radius 1 is 1.36 bits per heavy atom. The van der Waals surface area contributed by atoms with Gasteiger partial charge in [0.05, 0.1) is 6.61 Å². The lowest BCUT2D eigenvalue weighted by molar-refractivity contribution is -0.159. The van der Waals surface area contributed by atoms with Gasteiger partial charge in [0.15, 0.2) is 0 Å². The van der Waals surface area contributed by atoms with Crippen LogP contribution in [0.1, 0.15) is 41.0 Å². The number of ketones is 1. The number of hydrogen-bond donors (Lipinski definition) is 0. The van der Waals surface area contributed by atoms with Gasteiger partial charge < -0.3 is 4.74 Å². The van der Waals surface area contributed by atoms with Crippen molar-refractivity contribution >= 4 is 11.8 Å². The Kier molecular flexibility index (Phi) is 4.81. The predicted molar refractivity (Wildman–Crippen MR) is 54.9 cm³/mol. The molecule has 1 atom stereocenters. The van der Waals surface area contributed by atoms with Crippen LogP contribution >= 0.6 is 0 Å². The Labute approximate surface area is 85.8 Å². The SMILES string of the molecule is CCOC(=O)[C@@](C)(CC(C)C)C(C)=O. The molecule has 82 valence electrons. The maximum atomic E-state index is 11.6. The maximum absolute atomic E-state index is 11.6. The maximum Gasteiger partial charge on any atom is 0.319 e. The van der Waals surface area contributed by atoms with Crippen LogP contribution in [0.4, 0.5) is 0 Å². The molecule has 0 aromatic carbocycles. The van der Waals surface area contributed by atoms with E-state index in [-0.39, 0.29) is 5.78 Å². The molecule has 3 nitrogen and oxygen atoms in total. The number of rotatable bonds is 5. The average Bonchev–Trinajstić information content (AvgIpc) is 2.02. The standard InChI is InChI=1S/C11H20O3/c1-6-14-10(13)11(5,9(4)12)7-8(2)3/h8H,6-7H2,1-5H3/t11-/m0/s1. The van der Waals surface area contributed by atoms with Gasteiger partial charge in [-0.2, -0.15) is 0 Å². The highest BCUT2D eigenvalue weighted by Gasteiger charge is 2.40. The molecule has 0 rings (SSSR count). The number of carbonyl (C=O) groups is 2. The largest absolute Gasteiger partial charge is 0.465 e. The highest BCUT2D eigenvalue weighted by molar-refractivity contribution is 6.02. The van der Waals surface area contributed by atoms with E-state index in [4.69, 9.17) is 4.74 Å². The lowest BCUT2D eigenvalue weighted by Crippen LogP contribution is -2.37. The molecule has 0 aromatic rings. The number of esters is 1. The van der Waals surface area contributed by atoms with Crippen LogP contribution in [-0.4, -0.2) is 18.4 Å². The molecule has 0 fully saturated rings. The summed E-state index contributed by atoms with van der Waals surface area (Å²) in [7, 11) is 0. The van der Waals surface area contributed by atoms with E-state index in [2.05, 4.69) is 0 Å². The summed E-state index contributed by atoms with van der Waals surface area (Å²) in [6, 6.07) is 0. The fraction of sp³-hybridized carbons (Fsp3) is 0.818. The van der Waals surface area contributed by atoms with Gasteiger partial charge in [-0.25, -0.2) is 0 Å². The summed E-state index contributed by atoms with van der Waals surface area (Å²) in [6.07, 6.45) is 0.543. The summed E-state index contributed by atoms with van der Waals surface area (Å²) in [6.45, 7) is 9.14. The minimum absolute atomic E-state index is 0.121. The van der Waals surface area contributed by atoms with Crippen molar-refractivity contribution in [1.29, 1.82) is 0 Å². The Morgan fingerprint density at radius 2 is 1.86 bits per heavy atom. The molecule has 0 spiro atoms. The van der Waals surface area contributed by atoms with Crippen LogP contribution in [-0.2, 0) is 14.3 Å². The molecular weight excluding hydrogens is 180 g/mol. The smallest absolute Gasteiger partial charge is 0.319 e.